The van der Waals surface area contributed by atoms with Gasteiger partial charge < -0.3 is 10.0 Å². The predicted octanol–water partition coefficient (Wildman–Crippen LogP) is 4.36. The van der Waals surface area contributed by atoms with E-state index in [2.05, 4.69) is 0 Å². The normalized spacial score (nSPS) is 17.3. The smallest absolute Gasteiger partial charge is 0.234 e. The number of likely N-dealkylation sites (tertiary alicyclic amines) is 1. The van der Waals surface area contributed by atoms with E-state index in [-0.39, 0.29) is 11.5 Å². The Morgan fingerprint density at radius 1 is 1.03 bits per heavy atom. The largest absolute Gasteiger partial charge is 0.392 e. The summed E-state index contributed by atoms with van der Waals surface area (Å²) in [6.07, 6.45) is 0.193. The van der Waals surface area contributed by atoms with Crippen molar-refractivity contribution in [1.82, 2.24) is 9.80 Å². The maximum Gasteiger partial charge on any atom is 0.234 e. The fourth-order valence-electron chi connectivity index (χ4n) is 4.55. The first-order valence-corrected chi connectivity index (χ1v) is 11.2. The number of aliphatic hydroxyl groups excluding tert-OH is 1. The zero-order valence-corrected chi connectivity index (χ0v) is 18.6. The SMILES string of the molecule is CN(C(=O)C(c1ccccc1)c1ccccc1)[C@H](CN1CC[C@H](O)C1)c1ccc(F)cc1F. The number of halogens is 2. The van der Waals surface area contributed by atoms with Gasteiger partial charge in [-0.2, -0.15) is 0 Å². The van der Waals surface area contributed by atoms with Gasteiger partial charge in [-0.05, 0) is 23.6 Å². The van der Waals surface area contributed by atoms with Gasteiger partial charge in [0.2, 0.25) is 5.91 Å². The molecule has 172 valence electrons. The van der Waals surface area contributed by atoms with Crippen molar-refractivity contribution < 1.29 is 18.7 Å². The molecule has 1 aliphatic rings. The van der Waals surface area contributed by atoms with E-state index in [0.29, 0.717) is 26.1 Å². The van der Waals surface area contributed by atoms with Gasteiger partial charge in [-0.3, -0.25) is 9.69 Å². The molecule has 0 aromatic heterocycles. The van der Waals surface area contributed by atoms with Gasteiger partial charge >= 0.3 is 0 Å². The summed E-state index contributed by atoms with van der Waals surface area (Å²) >= 11 is 0. The first-order chi connectivity index (χ1) is 15.9. The summed E-state index contributed by atoms with van der Waals surface area (Å²) in [6, 6.07) is 21.8. The number of hydrogen-bond acceptors (Lipinski definition) is 3. The molecule has 0 aliphatic carbocycles. The van der Waals surface area contributed by atoms with Crippen molar-refractivity contribution in [3.05, 3.63) is 107 Å². The Bertz CT molecular complexity index is 1040. The molecule has 1 saturated heterocycles. The topological polar surface area (TPSA) is 43.8 Å². The van der Waals surface area contributed by atoms with E-state index < -0.39 is 29.7 Å². The van der Waals surface area contributed by atoms with E-state index in [1.54, 1.807) is 11.9 Å². The molecule has 0 bridgehead atoms. The number of aliphatic hydroxyl groups is 1. The molecule has 6 heteroatoms. The third-order valence-corrected chi connectivity index (χ3v) is 6.33. The summed E-state index contributed by atoms with van der Waals surface area (Å²) in [7, 11) is 1.67. The van der Waals surface area contributed by atoms with Crippen LogP contribution in [0.5, 0.6) is 0 Å². The summed E-state index contributed by atoms with van der Waals surface area (Å²) < 4.78 is 28.5. The van der Waals surface area contributed by atoms with Crippen LogP contribution in [0.2, 0.25) is 0 Å². The highest BCUT2D eigenvalue weighted by atomic mass is 19.1. The third-order valence-electron chi connectivity index (χ3n) is 6.33. The molecule has 2 atom stereocenters. The van der Waals surface area contributed by atoms with Crippen LogP contribution in [0.4, 0.5) is 8.78 Å². The number of rotatable bonds is 7. The maximum absolute atomic E-state index is 14.9. The van der Waals surface area contributed by atoms with Crippen molar-refractivity contribution in [1.29, 1.82) is 0 Å². The Labute approximate surface area is 193 Å². The summed E-state index contributed by atoms with van der Waals surface area (Å²) in [6.45, 7) is 1.46. The molecule has 3 aromatic rings. The van der Waals surface area contributed by atoms with Crippen LogP contribution < -0.4 is 0 Å². The Kier molecular flexibility index (Phi) is 7.16. The third kappa shape index (κ3) is 5.29. The Morgan fingerprint density at radius 3 is 2.15 bits per heavy atom. The molecule has 0 unspecified atom stereocenters. The molecule has 4 nitrogen and oxygen atoms in total. The number of carbonyl (C=O) groups is 1. The maximum atomic E-state index is 14.9. The van der Waals surface area contributed by atoms with E-state index in [0.717, 1.165) is 17.2 Å². The van der Waals surface area contributed by atoms with Crippen molar-refractivity contribution in [3.8, 4) is 0 Å². The minimum absolute atomic E-state index is 0.180. The van der Waals surface area contributed by atoms with Gasteiger partial charge in [-0.25, -0.2) is 8.78 Å². The number of hydrogen-bond donors (Lipinski definition) is 1. The fraction of sp³-hybridized carbons (Fsp3) is 0.296. The molecule has 1 amide bonds. The summed E-state index contributed by atoms with van der Waals surface area (Å²) in [5, 5.41) is 9.96. The molecule has 33 heavy (non-hydrogen) atoms. The van der Waals surface area contributed by atoms with Crippen LogP contribution in [-0.2, 0) is 4.79 Å². The monoisotopic (exact) mass is 450 g/mol. The number of β-amino-alcohol motifs (C(OH)–C–C–N with tert-alkyl or cyclic N) is 1. The average Bonchev–Trinajstić information content (AvgIpc) is 3.23. The highest BCUT2D eigenvalue weighted by Crippen LogP contribution is 2.32. The van der Waals surface area contributed by atoms with Crippen molar-refractivity contribution in [2.24, 2.45) is 0 Å². The summed E-state index contributed by atoms with van der Waals surface area (Å²) in [5.41, 5.74) is 1.94. The molecule has 1 N–H and O–H groups in total. The number of likely N-dealkylation sites (N-methyl/N-ethyl adjacent to an activating group) is 1. The zero-order valence-electron chi connectivity index (χ0n) is 18.6. The average molecular weight is 451 g/mol. The lowest BCUT2D eigenvalue weighted by molar-refractivity contribution is -0.133. The second-order valence-corrected chi connectivity index (χ2v) is 8.59. The van der Waals surface area contributed by atoms with Gasteiger partial charge in [0.25, 0.3) is 0 Å². The Morgan fingerprint density at radius 2 is 1.64 bits per heavy atom. The highest BCUT2D eigenvalue weighted by Gasteiger charge is 2.34. The highest BCUT2D eigenvalue weighted by molar-refractivity contribution is 5.87. The Hall–Kier alpha value is -3.09. The van der Waals surface area contributed by atoms with Gasteiger partial charge in [-0.15, -0.1) is 0 Å². The van der Waals surface area contributed by atoms with Crippen molar-refractivity contribution in [2.45, 2.75) is 24.5 Å². The molecule has 0 saturated carbocycles. The van der Waals surface area contributed by atoms with Gasteiger partial charge in [0.1, 0.15) is 11.6 Å². The van der Waals surface area contributed by atoms with Crippen LogP contribution in [0.15, 0.2) is 78.9 Å². The molecule has 1 aliphatic heterocycles. The second kappa shape index (κ2) is 10.2. The van der Waals surface area contributed by atoms with Gasteiger partial charge in [0.05, 0.1) is 18.1 Å². The Balaban J connectivity index is 1.71. The first-order valence-electron chi connectivity index (χ1n) is 11.2. The lowest BCUT2D eigenvalue weighted by Crippen LogP contribution is -2.41. The fourth-order valence-corrected chi connectivity index (χ4v) is 4.55. The zero-order chi connectivity index (χ0) is 23.4. The van der Waals surface area contributed by atoms with Crippen LogP contribution in [-0.4, -0.2) is 53.6 Å². The van der Waals surface area contributed by atoms with Crippen molar-refractivity contribution in [3.63, 3.8) is 0 Å². The van der Waals surface area contributed by atoms with Crippen LogP contribution in [0.25, 0.3) is 0 Å². The quantitative estimate of drug-likeness (QED) is 0.582. The van der Waals surface area contributed by atoms with Crippen LogP contribution in [0, 0.1) is 11.6 Å². The molecule has 1 fully saturated rings. The molecule has 3 aromatic carbocycles. The number of carbonyl (C=O) groups excluding carboxylic acids is 1. The first kappa shape index (κ1) is 23.1. The van der Waals surface area contributed by atoms with Crippen LogP contribution in [0.3, 0.4) is 0 Å². The van der Waals surface area contributed by atoms with E-state index in [9.17, 15) is 18.7 Å². The van der Waals surface area contributed by atoms with E-state index in [1.165, 1.54) is 12.1 Å². The summed E-state index contributed by atoms with van der Waals surface area (Å²) in [4.78, 5) is 17.5. The van der Waals surface area contributed by atoms with Crippen LogP contribution in [0.1, 0.15) is 35.1 Å². The van der Waals surface area contributed by atoms with E-state index in [1.807, 2.05) is 65.6 Å². The molecule has 0 spiro atoms. The minimum atomic E-state index is -0.685. The molecular weight excluding hydrogens is 422 g/mol. The van der Waals surface area contributed by atoms with Gasteiger partial charge in [0.15, 0.2) is 0 Å². The van der Waals surface area contributed by atoms with Gasteiger partial charge in [0, 0.05) is 38.3 Å². The molecule has 4 rings (SSSR count). The van der Waals surface area contributed by atoms with Crippen molar-refractivity contribution >= 4 is 5.91 Å². The lowest BCUT2D eigenvalue weighted by atomic mass is 9.89. The molecule has 1 heterocycles. The molecular formula is C27H28F2N2O2. The van der Waals surface area contributed by atoms with E-state index >= 15 is 0 Å². The van der Waals surface area contributed by atoms with E-state index in [4.69, 9.17) is 0 Å². The standard InChI is InChI=1S/C27H28F2N2O2/c1-30(27(33)26(19-8-4-2-5-9-19)20-10-6-3-7-11-20)25(18-31-15-14-22(32)17-31)23-13-12-21(28)16-24(23)29/h2-13,16,22,25-26,32H,14-15,17-18H2,1H3/t22-,25+/m0/s1. The predicted molar refractivity (Wildman–Crippen MR) is 124 cm³/mol. The van der Waals surface area contributed by atoms with Crippen LogP contribution >= 0.6 is 0 Å². The lowest BCUT2D eigenvalue weighted by Gasteiger charge is -2.34. The van der Waals surface area contributed by atoms with Gasteiger partial charge in [-0.1, -0.05) is 66.7 Å². The number of amides is 1. The molecule has 0 radical (unpaired) electrons. The number of benzene rings is 3. The summed E-state index contributed by atoms with van der Waals surface area (Å²) in [5.74, 6) is -2.09. The second-order valence-electron chi connectivity index (χ2n) is 8.59. The van der Waals surface area contributed by atoms with Crippen molar-refractivity contribution in [2.75, 3.05) is 26.7 Å². The number of nitrogens with zero attached hydrogens (tertiary/aromatic N) is 2. The minimum Gasteiger partial charge on any atom is -0.392 e.